The van der Waals surface area contributed by atoms with Crippen molar-refractivity contribution in [3.05, 3.63) is 231 Å². The lowest BCUT2D eigenvalue weighted by Crippen LogP contribution is -2.09. The van der Waals surface area contributed by atoms with Gasteiger partial charge in [0.15, 0.2) is 0 Å². The quantitative estimate of drug-likeness (QED) is 0.151. The Morgan fingerprint density at radius 3 is 0.635 bits per heavy atom. The van der Waals surface area contributed by atoms with Gasteiger partial charge in [0.05, 0.1) is 0 Å². The fourth-order valence-electron chi connectivity index (χ4n) is 5.97. The normalized spacial score (nSPS) is 10.3. The Balaban J connectivity index is 0.000000162. The first-order valence-corrected chi connectivity index (χ1v) is 17.4. The Kier molecular flexibility index (Phi) is 11.0. The van der Waals surface area contributed by atoms with Gasteiger partial charge in [-0.2, -0.15) is 0 Å². The summed E-state index contributed by atoms with van der Waals surface area (Å²) in [5.74, 6) is 0. The van der Waals surface area contributed by atoms with E-state index >= 15 is 0 Å². The average molecular weight is 673 g/mol. The summed E-state index contributed by atoms with van der Waals surface area (Å²) in [6.07, 6.45) is 0. The minimum atomic E-state index is 1.07. The number of hydrogen-bond acceptors (Lipinski definition) is 4. The van der Waals surface area contributed by atoms with E-state index in [-0.39, 0.29) is 0 Å². The van der Waals surface area contributed by atoms with Gasteiger partial charge in [0.2, 0.25) is 0 Å². The van der Waals surface area contributed by atoms with Gasteiger partial charge in [-0.1, -0.05) is 109 Å². The number of hydrogen-bond donors (Lipinski definition) is 2. The second-order valence-electron chi connectivity index (χ2n) is 12.1. The van der Waals surface area contributed by atoms with Crippen molar-refractivity contribution in [3.63, 3.8) is 0 Å². The lowest BCUT2D eigenvalue weighted by Gasteiger charge is -2.25. The molecule has 0 atom stereocenters. The van der Waals surface area contributed by atoms with E-state index in [2.05, 4.69) is 190 Å². The molecule has 8 rings (SSSR count). The maximum absolute atomic E-state index is 3.43. The molecule has 0 amide bonds. The third-order valence-electron chi connectivity index (χ3n) is 8.43. The fourth-order valence-corrected chi connectivity index (χ4v) is 5.97. The first-order valence-electron chi connectivity index (χ1n) is 17.4. The summed E-state index contributed by atoms with van der Waals surface area (Å²) in [6, 6.07) is 79.2. The molecular formula is C48H40N4. The van der Waals surface area contributed by atoms with Crippen LogP contribution in [0.2, 0.25) is 0 Å². The van der Waals surface area contributed by atoms with Crippen LogP contribution in [0.3, 0.4) is 0 Å². The molecule has 0 saturated heterocycles. The Hall–Kier alpha value is -7.04. The van der Waals surface area contributed by atoms with Crippen molar-refractivity contribution in [2.45, 2.75) is 0 Å². The first kappa shape index (κ1) is 33.5. The van der Waals surface area contributed by atoms with Crippen molar-refractivity contribution in [1.29, 1.82) is 0 Å². The second-order valence-corrected chi connectivity index (χ2v) is 12.1. The summed E-state index contributed by atoms with van der Waals surface area (Å²) in [4.78, 5) is 4.51. The number of para-hydroxylation sites is 6. The highest BCUT2D eigenvalue weighted by atomic mass is 15.1. The molecule has 8 aromatic carbocycles. The molecule has 0 bridgehead atoms. The molecule has 0 aliphatic rings. The summed E-state index contributed by atoms with van der Waals surface area (Å²) >= 11 is 0. The Bertz CT molecular complexity index is 1950. The molecular weight excluding hydrogens is 633 g/mol. The summed E-state index contributed by atoms with van der Waals surface area (Å²) in [5, 5.41) is 6.86. The van der Waals surface area contributed by atoms with Crippen LogP contribution in [-0.4, -0.2) is 0 Å². The smallest absolute Gasteiger partial charge is 0.0463 e. The van der Waals surface area contributed by atoms with Crippen molar-refractivity contribution < 1.29 is 0 Å². The summed E-state index contributed by atoms with van der Waals surface area (Å²) in [6.45, 7) is 0. The van der Waals surface area contributed by atoms with Crippen LogP contribution in [0.25, 0.3) is 0 Å². The highest BCUT2D eigenvalue weighted by molar-refractivity contribution is 5.79. The van der Waals surface area contributed by atoms with Gasteiger partial charge in [-0.05, 0) is 121 Å². The van der Waals surface area contributed by atoms with Crippen LogP contribution in [0, 0.1) is 0 Å². The second kappa shape index (κ2) is 17.1. The van der Waals surface area contributed by atoms with E-state index < -0.39 is 0 Å². The minimum absolute atomic E-state index is 1.07. The van der Waals surface area contributed by atoms with E-state index in [1.165, 1.54) is 0 Å². The maximum Gasteiger partial charge on any atom is 0.0463 e. The van der Waals surface area contributed by atoms with E-state index in [4.69, 9.17) is 0 Å². The van der Waals surface area contributed by atoms with Crippen LogP contribution in [0.1, 0.15) is 0 Å². The number of nitrogens with one attached hydrogen (secondary N) is 2. The molecule has 0 unspecified atom stereocenters. The molecule has 4 nitrogen and oxygen atoms in total. The molecule has 8 aromatic rings. The lowest BCUT2D eigenvalue weighted by molar-refractivity contribution is 1.28. The van der Waals surface area contributed by atoms with Crippen molar-refractivity contribution in [3.8, 4) is 0 Å². The minimum Gasteiger partial charge on any atom is -0.356 e. The number of rotatable bonds is 10. The van der Waals surface area contributed by atoms with Crippen LogP contribution in [0.15, 0.2) is 231 Å². The average Bonchev–Trinajstić information content (AvgIpc) is 3.22. The molecule has 0 aliphatic heterocycles. The zero-order chi connectivity index (χ0) is 35.2. The van der Waals surface area contributed by atoms with Crippen LogP contribution < -0.4 is 20.4 Å². The van der Waals surface area contributed by atoms with E-state index in [0.29, 0.717) is 0 Å². The third-order valence-corrected chi connectivity index (χ3v) is 8.43. The zero-order valence-corrected chi connectivity index (χ0v) is 28.8. The van der Waals surface area contributed by atoms with Crippen molar-refractivity contribution in [1.82, 2.24) is 0 Å². The molecule has 252 valence electrons. The largest absolute Gasteiger partial charge is 0.356 e. The lowest BCUT2D eigenvalue weighted by atomic mass is 10.2. The highest BCUT2D eigenvalue weighted by Gasteiger charge is 2.13. The predicted octanol–water partition coefficient (Wildman–Crippen LogP) is 13.8. The van der Waals surface area contributed by atoms with Gasteiger partial charge in [-0.3, -0.25) is 0 Å². The van der Waals surface area contributed by atoms with Crippen molar-refractivity contribution >= 4 is 56.9 Å². The molecule has 0 saturated carbocycles. The first-order chi connectivity index (χ1) is 25.8. The van der Waals surface area contributed by atoms with E-state index in [9.17, 15) is 0 Å². The van der Waals surface area contributed by atoms with Crippen LogP contribution >= 0.6 is 0 Å². The number of anilines is 10. The monoisotopic (exact) mass is 672 g/mol. The molecule has 0 aliphatic carbocycles. The fraction of sp³-hybridized carbons (Fsp3) is 0. The van der Waals surface area contributed by atoms with Crippen LogP contribution in [0.4, 0.5) is 56.9 Å². The Morgan fingerprint density at radius 2 is 0.385 bits per heavy atom. The number of nitrogens with zero attached hydrogens (tertiary/aromatic N) is 2. The summed E-state index contributed by atoms with van der Waals surface area (Å²) in [7, 11) is 0. The molecule has 0 aromatic heterocycles. The molecule has 0 fully saturated rings. The van der Waals surface area contributed by atoms with Gasteiger partial charge < -0.3 is 20.4 Å². The zero-order valence-electron chi connectivity index (χ0n) is 28.8. The summed E-state index contributed by atoms with van der Waals surface area (Å²) in [5.41, 5.74) is 11.1. The molecule has 2 N–H and O–H groups in total. The van der Waals surface area contributed by atoms with E-state index in [1.807, 2.05) is 60.7 Å². The Labute approximate surface area is 306 Å². The van der Waals surface area contributed by atoms with Gasteiger partial charge in [0.1, 0.15) is 0 Å². The summed E-state index contributed by atoms with van der Waals surface area (Å²) < 4.78 is 0. The third kappa shape index (κ3) is 8.75. The highest BCUT2D eigenvalue weighted by Crippen LogP contribution is 2.36. The van der Waals surface area contributed by atoms with Crippen LogP contribution in [0.5, 0.6) is 0 Å². The van der Waals surface area contributed by atoms with Gasteiger partial charge in [0.25, 0.3) is 0 Å². The predicted molar refractivity (Wildman–Crippen MR) is 222 cm³/mol. The van der Waals surface area contributed by atoms with E-state index in [0.717, 1.165) is 56.9 Å². The SMILES string of the molecule is c1ccc(Nc2ccc(N(c3ccccc3)c3ccccc3)cc2)cc1.c1ccc(Nc2ccc(N(c3ccccc3)c3ccccc3)cc2)cc1. The van der Waals surface area contributed by atoms with Gasteiger partial charge in [0, 0.05) is 56.9 Å². The maximum atomic E-state index is 3.43. The van der Waals surface area contributed by atoms with Gasteiger partial charge in [-0.15, -0.1) is 0 Å². The molecule has 52 heavy (non-hydrogen) atoms. The van der Waals surface area contributed by atoms with Gasteiger partial charge in [-0.25, -0.2) is 0 Å². The molecule has 0 spiro atoms. The topological polar surface area (TPSA) is 30.5 Å². The standard InChI is InChI=1S/2C24H20N2/c2*1-4-10-20(11-5-1)25-21-16-18-24(19-17-21)26(22-12-6-2-7-13-22)23-14-8-3-9-15-23/h2*1-19,25H. The molecule has 0 heterocycles. The number of benzene rings is 8. The molecule has 0 radical (unpaired) electrons. The van der Waals surface area contributed by atoms with Crippen molar-refractivity contribution in [2.75, 3.05) is 20.4 Å². The molecule has 4 heteroatoms. The van der Waals surface area contributed by atoms with Gasteiger partial charge >= 0.3 is 0 Å². The van der Waals surface area contributed by atoms with E-state index in [1.54, 1.807) is 0 Å². The Morgan fingerprint density at radius 1 is 0.192 bits per heavy atom. The van der Waals surface area contributed by atoms with Crippen molar-refractivity contribution in [2.24, 2.45) is 0 Å². The van der Waals surface area contributed by atoms with Crippen LogP contribution in [-0.2, 0) is 0 Å².